The van der Waals surface area contributed by atoms with E-state index in [2.05, 4.69) is 10.0 Å². The molecular formula is C17H16F3N3O5S. The maximum absolute atomic E-state index is 12.5. The fourth-order valence-electron chi connectivity index (χ4n) is 2.29. The molecule has 2 aromatic rings. The number of hydrogen-bond donors (Lipinski definition) is 2. The molecule has 8 nitrogen and oxygen atoms in total. The van der Waals surface area contributed by atoms with E-state index in [-0.39, 0.29) is 30.1 Å². The van der Waals surface area contributed by atoms with E-state index in [1.54, 1.807) is 0 Å². The van der Waals surface area contributed by atoms with Gasteiger partial charge in [-0.3, -0.25) is 14.9 Å². The molecular weight excluding hydrogens is 415 g/mol. The van der Waals surface area contributed by atoms with Crippen molar-refractivity contribution in [2.24, 2.45) is 0 Å². The second-order valence-corrected chi connectivity index (χ2v) is 7.64. The molecule has 0 radical (unpaired) electrons. The predicted molar refractivity (Wildman–Crippen MR) is 96.4 cm³/mol. The van der Waals surface area contributed by atoms with Crippen LogP contribution in [0.2, 0.25) is 0 Å². The lowest BCUT2D eigenvalue weighted by Gasteiger charge is -2.09. The molecule has 0 aromatic heterocycles. The Morgan fingerprint density at radius 1 is 1.07 bits per heavy atom. The van der Waals surface area contributed by atoms with Crippen LogP contribution < -0.4 is 10.0 Å². The van der Waals surface area contributed by atoms with Gasteiger partial charge in [0.15, 0.2) is 0 Å². The number of sulfonamides is 1. The van der Waals surface area contributed by atoms with Crippen LogP contribution in [-0.4, -0.2) is 32.3 Å². The van der Waals surface area contributed by atoms with Crippen LogP contribution in [0, 0.1) is 10.1 Å². The van der Waals surface area contributed by atoms with E-state index in [4.69, 9.17) is 0 Å². The number of rotatable bonds is 8. The van der Waals surface area contributed by atoms with Crippen LogP contribution in [0.25, 0.3) is 0 Å². The van der Waals surface area contributed by atoms with Gasteiger partial charge in [-0.1, -0.05) is 18.2 Å². The zero-order valence-electron chi connectivity index (χ0n) is 14.8. The Morgan fingerprint density at radius 3 is 2.31 bits per heavy atom. The number of non-ortho nitro benzene ring substituents is 1. The van der Waals surface area contributed by atoms with Gasteiger partial charge in [0.25, 0.3) is 5.69 Å². The number of carbonyl (C=O) groups excluding carboxylic acids is 1. The molecule has 12 heteroatoms. The van der Waals surface area contributed by atoms with Crippen molar-refractivity contribution in [1.29, 1.82) is 0 Å². The summed E-state index contributed by atoms with van der Waals surface area (Å²) in [6.07, 6.45) is -4.63. The van der Waals surface area contributed by atoms with Crippen LogP contribution in [0.4, 0.5) is 18.9 Å². The summed E-state index contributed by atoms with van der Waals surface area (Å²) in [5.74, 6) is -0.501. The third-order valence-electron chi connectivity index (χ3n) is 3.72. The number of nitro benzene ring substituents is 1. The van der Waals surface area contributed by atoms with Crippen LogP contribution >= 0.6 is 0 Å². The molecule has 0 aliphatic heterocycles. The number of nitrogens with zero attached hydrogens (tertiary/aromatic N) is 1. The van der Waals surface area contributed by atoms with Crippen molar-refractivity contribution in [3.8, 4) is 0 Å². The van der Waals surface area contributed by atoms with Crippen molar-refractivity contribution >= 4 is 21.6 Å². The Labute approximate surface area is 163 Å². The highest BCUT2D eigenvalue weighted by Gasteiger charge is 2.30. The Kier molecular flexibility index (Phi) is 6.93. The first-order chi connectivity index (χ1) is 13.5. The van der Waals surface area contributed by atoms with Gasteiger partial charge in [-0.2, -0.15) is 13.2 Å². The van der Waals surface area contributed by atoms with Gasteiger partial charge in [0.1, 0.15) is 0 Å². The van der Waals surface area contributed by atoms with Crippen molar-refractivity contribution in [3.63, 3.8) is 0 Å². The number of amides is 1. The third kappa shape index (κ3) is 6.54. The summed E-state index contributed by atoms with van der Waals surface area (Å²) in [7, 11) is -4.00. The molecule has 0 atom stereocenters. The van der Waals surface area contributed by atoms with E-state index in [1.807, 2.05) is 0 Å². The molecule has 29 heavy (non-hydrogen) atoms. The molecule has 0 saturated heterocycles. The van der Waals surface area contributed by atoms with E-state index < -0.39 is 32.6 Å². The van der Waals surface area contributed by atoms with Crippen molar-refractivity contribution in [1.82, 2.24) is 10.0 Å². The first-order valence-electron chi connectivity index (χ1n) is 8.16. The Bertz CT molecular complexity index is 992. The molecule has 2 N–H and O–H groups in total. The van der Waals surface area contributed by atoms with Gasteiger partial charge < -0.3 is 5.32 Å². The van der Waals surface area contributed by atoms with Crippen molar-refractivity contribution < 1.29 is 31.3 Å². The lowest BCUT2D eigenvalue weighted by molar-refractivity contribution is -0.385. The van der Waals surface area contributed by atoms with E-state index >= 15 is 0 Å². The summed E-state index contributed by atoms with van der Waals surface area (Å²) >= 11 is 0. The molecule has 0 spiro atoms. The highest BCUT2D eigenvalue weighted by molar-refractivity contribution is 7.89. The second kappa shape index (κ2) is 9.01. The van der Waals surface area contributed by atoms with Crippen LogP contribution in [-0.2, 0) is 27.4 Å². The number of benzene rings is 2. The van der Waals surface area contributed by atoms with Crippen LogP contribution in [0.1, 0.15) is 11.1 Å². The van der Waals surface area contributed by atoms with Gasteiger partial charge in [0.05, 0.1) is 21.8 Å². The lowest BCUT2D eigenvalue weighted by atomic mass is 10.1. The number of hydrogen-bond acceptors (Lipinski definition) is 5. The Morgan fingerprint density at radius 2 is 1.72 bits per heavy atom. The molecule has 0 aliphatic rings. The maximum atomic E-state index is 12.5. The fourth-order valence-corrected chi connectivity index (χ4v) is 3.37. The number of carbonyl (C=O) groups is 1. The average Bonchev–Trinajstić information content (AvgIpc) is 2.65. The molecule has 0 saturated carbocycles. The monoisotopic (exact) mass is 431 g/mol. The number of halogens is 3. The predicted octanol–water partition coefficient (Wildman–Crippen LogP) is 2.25. The van der Waals surface area contributed by atoms with Crippen molar-refractivity contribution in [3.05, 3.63) is 69.8 Å². The molecule has 0 unspecified atom stereocenters. The van der Waals surface area contributed by atoms with Crippen LogP contribution in [0.5, 0.6) is 0 Å². The zero-order valence-corrected chi connectivity index (χ0v) is 15.6. The quantitative estimate of drug-likeness (QED) is 0.378. The standard InChI is InChI=1S/C17H16F3N3O5S/c18-17(19,20)13-6-4-12(5-7-13)10-16(24)21-8-9-22-29(27,28)15-3-1-2-14(11-15)23(25)26/h1-7,11,22H,8-10H2,(H,21,24). The Hall–Kier alpha value is -2.99. The van der Waals surface area contributed by atoms with Gasteiger partial charge in [-0.15, -0.1) is 0 Å². The van der Waals surface area contributed by atoms with Gasteiger partial charge in [0, 0.05) is 25.2 Å². The number of alkyl halides is 3. The molecule has 0 heterocycles. The third-order valence-corrected chi connectivity index (χ3v) is 5.18. The zero-order chi connectivity index (χ0) is 21.7. The number of nitro groups is 1. The number of nitrogens with one attached hydrogen (secondary N) is 2. The van der Waals surface area contributed by atoms with Crippen molar-refractivity contribution in [2.45, 2.75) is 17.5 Å². The first-order valence-corrected chi connectivity index (χ1v) is 9.64. The summed E-state index contributed by atoms with van der Waals surface area (Å²) in [5, 5.41) is 13.2. The van der Waals surface area contributed by atoms with Gasteiger partial charge in [0.2, 0.25) is 15.9 Å². The summed E-state index contributed by atoms with van der Waals surface area (Å²) in [6.45, 7) is -0.253. The van der Waals surface area contributed by atoms with Gasteiger partial charge in [-0.05, 0) is 23.8 Å². The Balaban J connectivity index is 1.83. The van der Waals surface area contributed by atoms with E-state index in [1.165, 1.54) is 24.3 Å². The lowest BCUT2D eigenvalue weighted by Crippen LogP contribution is -2.35. The highest BCUT2D eigenvalue weighted by atomic mass is 32.2. The molecule has 2 rings (SSSR count). The molecule has 0 bridgehead atoms. The molecule has 156 valence electrons. The van der Waals surface area contributed by atoms with E-state index in [0.717, 1.165) is 24.3 Å². The van der Waals surface area contributed by atoms with E-state index in [0.29, 0.717) is 5.56 Å². The van der Waals surface area contributed by atoms with Crippen LogP contribution in [0.3, 0.4) is 0 Å². The minimum atomic E-state index is -4.46. The normalized spacial score (nSPS) is 11.8. The molecule has 0 fully saturated rings. The minimum absolute atomic E-state index is 0.0758. The van der Waals surface area contributed by atoms with Crippen molar-refractivity contribution in [2.75, 3.05) is 13.1 Å². The van der Waals surface area contributed by atoms with E-state index in [9.17, 15) is 36.5 Å². The maximum Gasteiger partial charge on any atom is 0.416 e. The SMILES string of the molecule is O=C(Cc1ccc(C(F)(F)F)cc1)NCCNS(=O)(=O)c1cccc([N+](=O)[O-])c1. The highest BCUT2D eigenvalue weighted by Crippen LogP contribution is 2.29. The topological polar surface area (TPSA) is 118 Å². The molecule has 1 amide bonds. The van der Waals surface area contributed by atoms with Crippen LogP contribution in [0.15, 0.2) is 53.4 Å². The smallest absolute Gasteiger partial charge is 0.355 e. The average molecular weight is 431 g/mol. The summed E-state index contributed by atoms with van der Waals surface area (Å²) in [6, 6.07) is 8.61. The fraction of sp³-hybridized carbons (Fsp3) is 0.235. The first kappa shape index (κ1) is 22.3. The summed E-state index contributed by atoms with van der Waals surface area (Å²) in [4.78, 5) is 21.5. The second-order valence-electron chi connectivity index (χ2n) is 5.87. The van der Waals surface area contributed by atoms with Gasteiger partial charge in [-0.25, -0.2) is 13.1 Å². The summed E-state index contributed by atoms with van der Waals surface area (Å²) in [5.41, 5.74) is -0.831. The molecule has 0 aliphatic carbocycles. The molecule has 2 aromatic carbocycles. The minimum Gasteiger partial charge on any atom is -0.355 e. The summed E-state index contributed by atoms with van der Waals surface area (Å²) < 4.78 is 63.9. The largest absolute Gasteiger partial charge is 0.416 e. The van der Waals surface area contributed by atoms with Gasteiger partial charge >= 0.3 is 6.18 Å².